The highest BCUT2D eigenvalue weighted by molar-refractivity contribution is 9.10. The molecule has 12 nitrogen and oxygen atoms in total. The molecule has 0 atom stereocenters. The number of nitrogens with two attached hydrogens (primary N) is 1. The number of urea groups is 1. The Morgan fingerprint density at radius 2 is 2.10 bits per heavy atom. The van der Waals surface area contributed by atoms with Gasteiger partial charge in [0.1, 0.15) is 5.82 Å². The summed E-state index contributed by atoms with van der Waals surface area (Å²) in [5.74, 6) is 0.0610. The average molecular weight is 505 g/mol. The van der Waals surface area contributed by atoms with Gasteiger partial charge in [-0.15, -0.1) is 0 Å². The molecule has 1 heterocycles. The number of rotatable bonds is 8. The largest absolute Gasteiger partial charge is 0.409 e. The molecule has 2 rings (SSSR count). The molecule has 0 aliphatic rings. The van der Waals surface area contributed by atoms with Crippen molar-refractivity contribution in [1.82, 2.24) is 20.9 Å². The summed E-state index contributed by atoms with van der Waals surface area (Å²) in [4.78, 5) is 14.5. The Kier molecular flexibility index (Phi) is 9.30. The fraction of sp³-hybridized carbons (Fsp3) is 0.267. The summed E-state index contributed by atoms with van der Waals surface area (Å²) in [5.41, 5.74) is 5.61. The summed E-state index contributed by atoms with van der Waals surface area (Å²) < 4.78 is 18.3. The maximum atomic E-state index is 13.4. The summed E-state index contributed by atoms with van der Waals surface area (Å²) >= 11 is 4.29. The van der Waals surface area contributed by atoms with Crippen molar-refractivity contribution in [2.24, 2.45) is 15.9 Å². The second kappa shape index (κ2) is 11.9. The van der Waals surface area contributed by atoms with Crippen molar-refractivity contribution in [1.29, 1.82) is 0 Å². The van der Waals surface area contributed by atoms with E-state index in [2.05, 4.69) is 52.3 Å². The first kappa shape index (κ1) is 23.4. The van der Waals surface area contributed by atoms with Crippen LogP contribution >= 0.6 is 27.7 Å². The van der Waals surface area contributed by atoms with Crippen LogP contribution in [0.4, 0.5) is 14.9 Å². The second-order valence-corrected chi connectivity index (χ2v) is 7.28. The quantitative estimate of drug-likeness (QED) is 0.0753. The monoisotopic (exact) mass is 504 g/mol. The van der Waals surface area contributed by atoms with Crippen molar-refractivity contribution >= 4 is 51.2 Å². The highest BCUT2D eigenvalue weighted by Crippen LogP contribution is 2.23. The van der Waals surface area contributed by atoms with Gasteiger partial charge in [0, 0.05) is 24.5 Å². The number of aliphatic imine (C=N–C) groups is 1. The fourth-order valence-electron chi connectivity index (χ4n) is 2.01. The third kappa shape index (κ3) is 7.16. The van der Waals surface area contributed by atoms with Crippen LogP contribution in [-0.2, 0) is 0 Å². The van der Waals surface area contributed by atoms with E-state index in [1.165, 1.54) is 30.0 Å². The number of amidine groups is 1. The van der Waals surface area contributed by atoms with Crippen molar-refractivity contribution < 1.29 is 24.1 Å². The predicted octanol–water partition coefficient (Wildman–Crippen LogP) is 0.917. The third-order valence-corrected chi connectivity index (χ3v) is 4.78. The molecule has 1 aromatic carbocycles. The van der Waals surface area contributed by atoms with Crippen LogP contribution in [-0.4, -0.2) is 63.9 Å². The molecule has 162 valence electrons. The number of thioether (sulfide) groups is 1. The minimum Gasteiger partial charge on any atom is -0.409 e. The summed E-state index contributed by atoms with van der Waals surface area (Å²) in [7, 11) is 0. The number of primary amides is 1. The number of aliphatic hydroxyl groups is 1. The van der Waals surface area contributed by atoms with Gasteiger partial charge in [0.05, 0.1) is 11.1 Å². The molecular weight excluding hydrogens is 487 g/mol. The zero-order valence-electron chi connectivity index (χ0n) is 15.3. The molecule has 0 aliphatic carbocycles. The average Bonchev–Trinajstić information content (AvgIpc) is 3.17. The van der Waals surface area contributed by atoms with Gasteiger partial charge in [-0.2, -0.15) is 4.99 Å². The van der Waals surface area contributed by atoms with Crippen molar-refractivity contribution in [3.63, 3.8) is 0 Å². The molecule has 2 amide bonds. The van der Waals surface area contributed by atoms with Gasteiger partial charge >= 0.3 is 6.03 Å². The van der Waals surface area contributed by atoms with Gasteiger partial charge in [0.25, 0.3) is 0 Å². The number of carbonyl (C=O) groups is 1. The first-order valence-electron chi connectivity index (χ1n) is 8.31. The van der Waals surface area contributed by atoms with Crippen LogP contribution in [0.2, 0.25) is 0 Å². The van der Waals surface area contributed by atoms with E-state index in [4.69, 9.17) is 15.5 Å². The molecule has 0 aliphatic heterocycles. The zero-order chi connectivity index (χ0) is 21.9. The van der Waals surface area contributed by atoms with E-state index in [1.54, 1.807) is 0 Å². The van der Waals surface area contributed by atoms with Crippen LogP contribution in [0.3, 0.4) is 0 Å². The van der Waals surface area contributed by atoms with E-state index in [0.717, 1.165) is 0 Å². The zero-order valence-corrected chi connectivity index (χ0v) is 17.7. The first-order valence-corrected chi connectivity index (χ1v) is 10.1. The number of benzene rings is 1. The molecule has 7 N–H and O–H groups in total. The number of aliphatic hydroxyl groups excluding tert-OH is 1. The number of hydrogen-bond donors (Lipinski definition) is 6. The van der Waals surface area contributed by atoms with Gasteiger partial charge in [0.2, 0.25) is 11.8 Å². The Hall–Kier alpha value is -2.91. The van der Waals surface area contributed by atoms with Crippen molar-refractivity contribution in [2.45, 2.75) is 5.03 Å². The Labute approximate surface area is 182 Å². The maximum absolute atomic E-state index is 13.4. The highest BCUT2D eigenvalue weighted by atomic mass is 79.9. The molecule has 15 heteroatoms. The normalized spacial score (nSPS) is 12.0. The lowest BCUT2D eigenvalue weighted by Gasteiger charge is -2.10. The number of halogens is 2. The van der Waals surface area contributed by atoms with E-state index < -0.39 is 11.8 Å². The lowest BCUT2D eigenvalue weighted by molar-refractivity contribution is 0.256. The molecule has 0 saturated carbocycles. The van der Waals surface area contributed by atoms with E-state index in [1.807, 2.05) is 0 Å². The number of anilines is 1. The van der Waals surface area contributed by atoms with Gasteiger partial charge < -0.3 is 32.0 Å². The molecule has 0 unspecified atom stereocenters. The number of aromatic nitrogens is 2. The van der Waals surface area contributed by atoms with E-state index in [-0.39, 0.29) is 35.1 Å². The summed E-state index contributed by atoms with van der Waals surface area (Å²) in [6.07, 6.45) is 0. The predicted molar refractivity (Wildman–Crippen MR) is 111 cm³/mol. The number of oxime groups is 1. The van der Waals surface area contributed by atoms with Crippen LogP contribution in [0.15, 0.2) is 42.5 Å². The Morgan fingerprint density at radius 3 is 2.77 bits per heavy atom. The molecule has 0 saturated heterocycles. The number of hydrogen-bond acceptors (Lipinski definition) is 8. The van der Waals surface area contributed by atoms with Gasteiger partial charge in [-0.3, -0.25) is 0 Å². The van der Waals surface area contributed by atoms with Crippen LogP contribution < -0.4 is 21.7 Å². The van der Waals surface area contributed by atoms with Gasteiger partial charge in [0.15, 0.2) is 10.7 Å². The molecule has 0 spiro atoms. The Bertz CT molecular complexity index is 926. The van der Waals surface area contributed by atoms with Crippen LogP contribution in [0.1, 0.15) is 5.69 Å². The molecule has 0 fully saturated rings. The fourth-order valence-corrected chi connectivity index (χ4v) is 3.14. The minimum atomic E-state index is -0.888. The molecule has 0 radical (unpaired) electrons. The second-order valence-electron chi connectivity index (χ2n) is 5.34. The van der Waals surface area contributed by atoms with Crippen LogP contribution in [0.25, 0.3) is 0 Å². The summed E-state index contributed by atoms with van der Waals surface area (Å²) in [6, 6.07) is 3.26. The van der Waals surface area contributed by atoms with Crippen LogP contribution in [0.5, 0.6) is 0 Å². The first-order chi connectivity index (χ1) is 14.4. The molecule has 0 bridgehead atoms. The molecule has 2 aromatic rings. The van der Waals surface area contributed by atoms with Crippen molar-refractivity contribution in [2.75, 3.05) is 30.8 Å². The SMILES string of the molecule is NC(=O)/N=C(\NCCO)NCCSc1nonc1/C(=N/O)Nc1ccc(F)c(Br)c1. The maximum Gasteiger partial charge on any atom is 0.341 e. The Morgan fingerprint density at radius 1 is 1.33 bits per heavy atom. The molecular formula is C15H18BrFN8O4S. The molecule has 1 aromatic heterocycles. The number of carbonyl (C=O) groups excluding carboxylic acids is 1. The smallest absolute Gasteiger partial charge is 0.341 e. The van der Waals surface area contributed by atoms with Crippen LogP contribution in [0, 0.1) is 5.82 Å². The topological polar surface area (TPSA) is 183 Å². The van der Waals surface area contributed by atoms with Crippen molar-refractivity contribution in [3.8, 4) is 0 Å². The number of nitrogens with zero attached hydrogens (tertiary/aromatic N) is 4. The highest BCUT2D eigenvalue weighted by Gasteiger charge is 2.18. The van der Waals surface area contributed by atoms with Gasteiger partial charge in [-0.05, 0) is 44.4 Å². The van der Waals surface area contributed by atoms with Gasteiger partial charge in [-0.1, -0.05) is 16.9 Å². The molecule has 30 heavy (non-hydrogen) atoms. The van der Waals surface area contributed by atoms with Crippen molar-refractivity contribution in [3.05, 3.63) is 34.2 Å². The summed E-state index contributed by atoms with van der Waals surface area (Å²) in [5, 5.41) is 37.5. The number of nitrogens with one attached hydrogen (secondary N) is 3. The minimum absolute atomic E-state index is 0.0502. The van der Waals surface area contributed by atoms with E-state index in [0.29, 0.717) is 23.0 Å². The standard InChI is InChI=1S/C15H18BrFN8O4S/c16-9-7-8(1-2-10(9)17)21-12(23-28)11-13(25-29-24-11)30-6-4-20-15(19-3-5-26)22-14(18)27/h1-2,7,26,28H,3-6H2,(H,21,23)(H4,18,19,20,22,27). The number of amides is 2. The lowest BCUT2D eigenvalue weighted by Crippen LogP contribution is -2.40. The summed E-state index contributed by atoms with van der Waals surface area (Å²) in [6.45, 7) is 0.375. The third-order valence-electron chi connectivity index (χ3n) is 3.22. The Balaban J connectivity index is 1.96. The van der Waals surface area contributed by atoms with E-state index in [9.17, 15) is 14.4 Å². The van der Waals surface area contributed by atoms with E-state index >= 15 is 0 Å². The lowest BCUT2D eigenvalue weighted by atomic mass is 10.3. The van der Waals surface area contributed by atoms with Gasteiger partial charge in [-0.25, -0.2) is 13.8 Å². The number of guanidine groups is 1.